The SMILES string of the molecule is CC1CNC(CN)CN1.CCNCC1CSCN1CC.NCC1COCCN1.NCC1CSCN1CCO. The summed E-state index contributed by atoms with van der Waals surface area (Å²) in [6.07, 6.45) is 0. The zero-order chi connectivity index (χ0) is 28.0. The van der Waals surface area contributed by atoms with Crippen LogP contribution in [0.1, 0.15) is 20.8 Å². The fourth-order valence-electron chi connectivity index (χ4n) is 4.24. The van der Waals surface area contributed by atoms with Gasteiger partial charge in [0.2, 0.25) is 0 Å². The van der Waals surface area contributed by atoms with Gasteiger partial charge < -0.3 is 48.3 Å². The Kier molecular flexibility index (Phi) is 22.8. The highest BCUT2D eigenvalue weighted by atomic mass is 32.2. The van der Waals surface area contributed by atoms with E-state index in [0.29, 0.717) is 37.3 Å². The zero-order valence-corrected chi connectivity index (χ0v) is 25.8. The van der Waals surface area contributed by atoms with Crippen molar-refractivity contribution in [2.75, 3.05) is 109 Å². The summed E-state index contributed by atoms with van der Waals surface area (Å²) >= 11 is 3.94. The van der Waals surface area contributed by atoms with E-state index in [-0.39, 0.29) is 6.61 Å². The average molecular weight is 582 g/mol. The number of likely N-dealkylation sites (N-methyl/N-ethyl adjacent to an activating group) is 2. The fourth-order valence-corrected chi connectivity index (χ4v) is 6.88. The number of ether oxygens (including phenoxy) is 1. The van der Waals surface area contributed by atoms with Crippen LogP contribution in [-0.4, -0.2) is 154 Å². The molecule has 4 rings (SSSR count). The third-order valence-corrected chi connectivity index (χ3v) is 9.13. The van der Waals surface area contributed by atoms with Crippen molar-refractivity contribution >= 4 is 23.5 Å². The Balaban J connectivity index is 0.000000255. The predicted octanol–water partition coefficient (Wildman–Crippen LogP) is -1.87. The Bertz CT molecular complexity index is 531. The molecule has 0 amide bonds. The topological polar surface area (TPSA) is 162 Å². The van der Waals surface area contributed by atoms with Crippen molar-refractivity contribution < 1.29 is 9.84 Å². The average Bonchev–Trinajstić information content (AvgIpc) is 3.63. The van der Waals surface area contributed by atoms with Crippen molar-refractivity contribution in [1.29, 1.82) is 0 Å². The quantitative estimate of drug-likeness (QED) is 0.153. The second kappa shape index (κ2) is 23.9. The van der Waals surface area contributed by atoms with Gasteiger partial charge in [-0.3, -0.25) is 9.80 Å². The van der Waals surface area contributed by atoms with Gasteiger partial charge in [-0.1, -0.05) is 13.8 Å². The van der Waals surface area contributed by atoms with Gasteiger partial charge in [0.25, 0.3) is 0 Å². The minimum atomic E-state index is 0.247. The number of rotatable bonds is 9. The van der Waals surface area contributed by atoms with E-state index < -0.39 is 0 Å². The minimum Gasteiger partial charge on any atom is -0.395 e. The summed E-state index contributed by atoms with van der Waals surface area (Å²) in [5, 5.41) is 21.9. The van der Waals surface area contributed by atoms with Gasteiger partial charge in [0, 0.05) is 106 Å². The number of β-amino-alcohol motifs (C(OH)–C–C–N with tert-alkyl or cyclic N) is 1. The van der Waals surface area contributed by atoms with E-state index in [4.69, 9.17) is 27.0 Å². The molecule has 11 nitrogen and oxygen atoms in total. The van der Waals surface area contributed by atoms with E-state index in [9.17, 15) is 0 Å². The van der Waals surface area contributed by atoms with Crippen LogP contribution in [0.15, 0.2) is 0 Å². The van der Waals surface area contributed by atoms with Crippen molar-refractivity contribution in [1.82, 2.24) is 31.1 Å². The number of nitrogens with two attached hydrogens (primary N) is 3. The number of morpholine rings is 1. The lowest BCUT2D eigenvalue weighted by atomic mass is 10.2. The van der Waals surface area contributed by atoms with Crippen molar-refractivity contribution in [2.24, 2.45) is 17.2 Å². The third-order valence-electron chi connectivity index (χ3n) is 6.86. The van der Waals surface area contributed by atoms with Gasteiger partial charge in [-0.15, -0.1) is 23.5 Å². The van der Waals surface area contributed by atoms with Gasteiger partial charge in [-0.05, 0) is 20.0 Å². The fraction of sp³-hybridized carbons (Fsp3) is 1.00. The van der Waals surface area contributed by atoms with E-state index in [2.05, 4.69) is 63.6 Å². The molecule has 4 fully saturated rings. The van der Waals surface area contributed by atoms with Gasteiger partial charge in [-0.2, -0.15) is 0 Å². The Hall–Kier alpha value is 0.260. The summed E-state index contributed by atoms with van der Waals surface area (Å²) in [5.41, 5.74) is 16.3. The number of aliphatic hydroxyl groups excluding tert-OH is 1. The molecule has 0 radical (unpaired) electrons. The predicted molar refractivity (Wildman–Crippen MR) is 166 cm³/mol. The summed E-state index contributed by atoms with van der Waals surface area (Å²) < 4.78 is 5.13. The highest BCUT2D eigenvalue weighted by Gasteiger charge is 2.23. The molecule has 228 valence electrons. The van der Waals surface area contributed by atoms with Gasteiger partial charge in [0.05, 0.1) is 19.8 Å². The first-order valence-electron chi connectivity index (χ1n) is 14.4. The molecule has 0 bridgehead atoms. The summed E-state index contributed by atoms with van der Waals surface area (Å²) in [4.78, 5) is 4.76. The molecule has 13 heteroatoms. The Labute approximate surface area is 240 Å². The van der Waals surface area contributed by atoms with Crippen LogP contribution >= 0.6 is 23.5 Å². The van der Waals surface area contributed by atoms with Crippen LogP contribution in [-0.2, 0) is 4.74 Å². The van der Waals surface area contributed by atoms with E-state index >= 15 is 0 Å². The van der Waals surface area contributed by atoms with Crippen LogP contribution in [0.4, 0.5) is 0 Å². The molecule has 0 aromatic heterocycles. The minimum absolute atomic E-state index is 0.247. The molecule has 0 spiro atoms. The van der Waals surface area contributed by atoms with E-state index in [1.807, 2.05) is 11.8 Å². The van der Waals surface area contributed by atoms with Crippen molar-refractivity contribution in [3.63, 3.8) is 0 Å². The van der Waals surface area contributed by atoms with Crippen LogP contribution in [0.25, 0.3) is 0 Å². The van der Waals surface area contributed by atoms with E-state index in [1.54, 1.807) is 0 Å². The van der Waals surface area contributed by atoms with Crippen molar-refractivity contribution in [3.05, 3.63) is 0 Å². The lowest BCUT2D eigenvalue weighted by Crippen LogP contribution is -2.55. The number of nitrogens with zero attached hydrogens (tertiary/aromatic N) is 2. The largest absolute Gasteiger partial charge is 0.395 e. The molecular weight excluding hydrogens is 522 g/mol. The lowest BCUT2D eigenvalue weighted by molar-refractivity contribution is 0.0794. The molecular formula is C25H59N9O2S2. The third kappa shape index (κ3) is 15.9. The second-order valence-electron chi connectivity index (χ2n) is 9.90. The first-order valence-corrected chi connectivity index (χ1v) is 16.7. The maximum atomic E-state index is 8.65. The summed E-state index contributed by atoms with van der Waals surface area (Å²) in [5.74, 6) is 4.69. The van der Waals surface area contributed by atoms with Crippen LogP contribution in [0.2, 0.25) is 0 Å². The Morgan fingerprint density at radius 3 is 2.13 bits per heavy atom. The molecule has 0 aromatic carbocycles. The molecule has 5 unspecified atom stereocenters. The molecule has 4 aliphatic heterocycles. The van der Waals surface area contributed by atoms with E-state index in [0.717, 1.165) is 76.7 Å². The monoisotopic (exact) mass is 581 g/mol. The maximum Gasteiger partial charge on any atom is 0.0632 e. The van der Waals surface area contributed by atoms with Crippen LogP contribution < -0.4 is 38.5 Å². The summed E-state index contributed by atoms with van der Waals surface area (Å²) in [6.45, 7) is 17.8. The molecule has 4 heterocycles. The van der Waals surface area contributed by atoms with Gasteiger partial charge in [0.1, 0.15) is 0 Å². The number of hydrogen-bond acceptors (Lipinski definition) is 13. The molecule has 38 heavy (non-hydrogen) atoms. The van der Waals surface area contributed by atoms with Crippen LogP contribution in [0, 0.1) is 0 Å². The summed E-state index contributed by atoms with van der Waals surface area (Å²) in [7, 11) is 0. The number of hydrogen-bond donors (Lipinski definition) is 8. The molecule has 0 saturated carbocycles. The molecule has 11 N–H and O–H groups in total. The molecule has 5 atom stereocenters. The first kappa shape index (κ1) is 36.3. The van der Waals surface area contributed by atoms with Crippen molar-refractivity contribution in [3.8, 4) is 0 Å². The second-order valence-corrected chi connectivity index (χ2v) is 11.9. The molecule has 0 aliphatic carbocycles. The Morgan fingerprint density at radius 2 is 1.63 bits per heavy atom. The smallest absolute Gasteiger partial charge is 0.0632 e. The lowest BCUT2D eigenvalue weighted by Gasteiger charge is -2.27. The molecule has 4 aliphatic rings. The number of thioether (sulfide) groups is 2. The zero-order valence-electron chi connectivity index (χ0n) is 24.2. The number of piperazine rings is 1. The molecule has 0 aromatic rings. The highest BCUT2D eigenvalue weighted by Crippen LogP contribution is 2.19. The highest BCUT2D eigenvalue weighted by molar-refractivity contribution is 7.99. The van der Waals surface area contributed by atoms with Gasteiger partial charge in [-0.25, -0.2) is 0 Å². The molecule has 4 saturated heterocycles. The van der Waals surface area contributed by atoms with Gasteiger partial charge >= 0.3 is 0 Å². The van der Waals surface area contributed by atoms with Gasteiger partial charge in [0.15, 0.2) is 0 Å². The Morgan fingerprint density at radius 1 is 0.921 bits per heavy atom. The maximum absolute atomic E-state index is 8.65. The number of nitrogens with one attached hydrogen (secondary N) is 4. The normalized spacial score (nSPS) is 29.9. The first-order chi connectivity index (χ1) is 18.5. The summed E-state index contributed by atoms with van der Waals surface area (Å²) in [6, 6.07) is 2.76. The van der Waals surface area contributed by atoms with Crippen LogP contribution in [0.5, 0.6) is 0 Å². The van der Waals surface area contributed by atoms with Crippen LogP contribution in [0.3, 0.4) is 0 Å². The number of aliphatic hydroxyl groups is 1. The van der Waals surface area contributed by atoms with E-state index in [1.165, 1.54) is 18.2 Å². The standard InChI is InChI=1S/C8H18N2S.C6H15N3.C6H14N2OS.C5H12N2O/c1-3-9-5-8-6-11-7-10(8)4-2;1-5-3-9-6(2-7)4-8-5;7-3-6-4-10-5-8(6)1-2-9;6-3-5-4-8-2-1-7-5/h8-9H,3-7H2,1-2H3;5-6,8-9H,2-4,7H2,1H3;6,9H,1-5,7H2;5,7H,1-4,6H2. The van der Waals surface area contributed by atoms with Crippen molar-refractivity contribution in [2.45, 2.75) is 51.0 Å².